The Morgan fingerprint density at radius 3 is 3.12 bits per heavy atom. The van der Waals surface area contributed by atoms with Gasteiger partial charge in [-0.05, 0) is 17.8 Å². The van der Waals surface area contributed by atoms with Crippen LogP contribution in [-0.2, 0) is 6.42 Å². The van der Waals surface area contributed by atoms with Crippen LogP contribution in [0.25, 0.3) is 4.96 Å². The van der Waals surface area contributed by atoms with Crippen LogP contribution in [0.15, 0.2) is 11.6 Å². The minimum atomic E-state index is -0.429. The van der Waals surface area contributed by atoms with E-state index in [0.717, 1.165) is 0 Å². The van der Waals surface area contributed by atoms with Crippen LogP contribution in [0.2, 0.25) is 0 Å². The van der Waals surface area contributed by atoms with E-state index in [9.17, 15) is 10.1 Å². The Balaban J connectivity index is 1.72. The van der Waals surface area contributed by atoms with Crippen LogP contribution in [0.3, 0.4) is 0 Å². The summed E-state index contributed by atoms with van der Waals surface area (Å²) < 4.78 is 1.47. The van der Waals surface area contributed by atoms with Crippen molar-refractivity contribution >= 4 is 33.8 Å². The zero-order chi connectivity index (χ0) is 17.3. The zero-order valence-corrected chi connectivity index (χ0v) is 13.6. The number of H-pyrrole nitrogens is 1. The highest BCUT2D eigenvalue weighted by molar-refractivity contribution is 7.15. The van der Waals surface area contributed by atoms with E-state index in [1.807, 2.05) is 6.07 Å². The minimum absolute atomic E-state index is 0.0442. The molecule has 0 aliphatic carbocycles. The van der Waals surface area contributed by atoms with Crippen molar-refractivity contribution in [2.45, 2.75) is 12.8 Å². The monoisotopic (exact) mass is 346 g/mol. The molecule has 0 spiro atoms. The van der Waals surface area contributed by atoms with Crippen molar-refractivity contribution in [3.8, 4) is 6.07 Å². The van der Waals surface area contributed by atoms with Crippen LogP contribution in [0, 0.1) is 21.4 Å². The Morgan fingerprint density at radius 1 is 1.62 bits per heavy atom. The number of nitrogens with zero attached hydrogens (tertiary/aromatic N) is 6. The number of nitro groups is 1. The number of fused-ring (bicyclic) bond motifs is 1. The molecule has 0 aliphatic heterocycles. The van der Waals surface area contributed by atoms with Crippen LogP contribution in [0.4, 0.5) is 17.5 Å². The predicted molar refractivity (Wildman–Crippen MR) is 89.0 cm³/mol. The number of aromatic amines is 1. The summed E-state index contributed by atoms with van der Waals surface area (Å²) in [5.41, 5.74) is 6.62. The van der Waals surface area contributed by atoms with Gasteiger partial charge in [-0.3, -0.25) is 5.10 Å². The lowest BCUT2D eigenvalue weighted by Gasteiger charge is -2.15. The number of aromatic nitrogens is 4. The van der Waals surface area contributed by atoms with Gasteiger partial charge in [-0.15, -0.1) is 0 Å². The number of aryl methyl sites for hydroxylation is 1. The number of anilines is 2. The number of rotatable bonds is 6. The van der Waals surface area contributed by atoms with E-state index >= 15 is 0 Å². The average Bonchev–Trinajstić information content (AvgIpc) is 3.20. The molecule has 3 aromatic heterocycles. The number of hydrogen-bond donors (Lipinski definition) is 2. The molecule has 3 heterocycles. The zero-order valence-electron chi connectivity index (χ0n) is 12.8. The topological polar surface area (TPSA) is 142 Å². The summed E-state index contributed by atoms with van der Waals surface area (Å²) in [5.74, 6) is 0.472. The molecule has 124 valence electrons. The van der Waals surface area contributed by atoms with Gasteiger partial charge in [0.05, 0.1) is 5.69 Å². The summed E-state index contributed by atoms with van der Waals surface area (Å²) in [5, 5.41) is 28.7. The predicted octanol–water partition coefficient (Wildman–Crippen LogP) is 1.55. The number of hydrogen-bond acceptors (Lipinski definition) is 8. The summed E-state index contributed by atoms with van der Waals surface area (Å²) in [4.78, 5) is 17.6. The first-order valence-corrected chi connectivity index (χ1v) is 7.94. The van der Waals surface area contributed by atoms with Crippen molar-refractivity contribution in [3.63, 3.8) is 0 Å². The van der Waals surface area contributed by atoms with Gasteiger partial charge in [-0.2, -0.15) is 19.7 Å². The second-order valence-electron chi connectivity index (χ2n) is 5.17. The largest absolute Gasteiger partial charge is 0.381 e. The Bertz CT molecular complexity index is 934. The van der Waals surface area contributed by atoms with Crippen LogP contribution < -0.4 is 10.6 Å². The van der Waals surface area contributed by atoms with Crippen molar-refractivity contribution in [1.29, 1.82) is 5.26 Å². The first kappa shape index (κ1) is 15.8. The molecule has 0 bridgehead atoms. The number of nitrogen functional groups attached to an aromatic ring is 1. The number of thiazole rings is 1. The number of nitrogens with one attached hydrogen (secondary N) is 1. The second-order valence-corrected chi connectivity index (χ2v) is 6.04. The number of nitriles is 1. The third-order valence-corrected chi connectivity index (χ3v) is 4.41. The molecule has 0 aromatic carbocycles. The molecular weight excluding hydrogens is 332 g/mol. The molecular formula is C13H14N8O2S. The third-order valence-electron chi connectivity index (χ3n) is 3.66. The fraction of sp³-hybridized carbons (Fsp3) is 0.308. The maximum absolute atomic E-state index is 11.3. The molecule has 0 unspecified atom stereocenters. The summed E-state index contributed by atoms with van der Waals surface area (Å²) in [6, 6.07) is 2.02. The van der Waals surface area contributed by atoms with Gasteiger partial charge in [0.25, 0.3) is 4.96 Å². The number of imidazole rings is 1. The highest BCUT2D eigenvalue weighted by Crippen LogP contribution is 2.30. The van der Waals surface area contributed by atoms with Crippen LogP contribution in [0.5, 0.6) is 0 Å². The van der Waals surface area contributed by atoms with Crippen LogP contribution in [0.1, 0.15) is 17.7 Å². The summed E-state index contributed by atoms with van der Waals surface area (Å²) >= 11 is 1.34. The second kappa shape index (κ2) is 6.17. The first-order valence-electron chi connectivity index (χ1n) is 7.06. The Morgan fingerprint density at radius 2 is 2.42 bits per heavy atom. The van der Waals surface area contributed by atoms with Crippen molar-refractivity contribution in [1.82, 2.24) is 19.6 Å². The van der Waals surface area contributed by atoms with E-state index in [1.54, 1.807) is 23.5 Å². The van der Waals surface area contributed by atoms with Crippen LogP contribution >= 0.6 is 11.3 Å². The fourth-order valence-corrected chi connectivity index (χ4v) is 3.19. The van der Waals surface area contributed by atoms with Gasteiger partial charge in [0.1, 0.15) is 17.8 Å². The quantitative estimate of drug-likeness (QED) is 0.509. The highest BCUT2D eigenvalue weighted by Gasteiger charge is 2.26. The molecule has 0 saturated heterocycles. The average molecular weight is 346 g/mol. The van der Waals surface area contributed by atoms with Crippen molar-refractivity contribution in [2.24, 2.45) is 0 Å². The van der Waals surface area contributed by atoms with Gasteiger partial charge in [0, 0.05) is 19.0 Å². The smallest absolute Gasteiger partial charge is 0.373 e. The Kier molecular flexibility index (Phi) is 4.05. The van der Waals surface area contributed by atoms with Gasteiger partial charge < -0.3 is 20.7 Å². The van der Waals surface area contributed by atoms with E-state index in [-0.39, 0.29) is 11.6 Å². The summed E-state index contributed by atoms with van der Waals surface area (Å²) in [6.07, 6.45) is 2.86. The molecule has 0 aliphatic rings. The third kappa shape index (κ3) is 2.63. The maximum Gasteiger partial charge on any atom is 0.373 e. The first-order chi connectivity index (χ1) is 11.5. The van der Waals surface area contributed by atoms with E-state index in [4.69, 9.17) is 11.0 Å². The molecule has 0 saturated carbocycles. The van der Waals surface area contributed by atoms with Gasteiger partial charge in [-0.1, -0.05) is 11.3 Å². The lowest BCUT2D eigenvalue weighted by atomic mass is 10.1. The molecule has 0 atom stereocenters. The lowest BCUT2D eigenvalue weighted by molar-refractivity contribution is -0.389. The van der Waals surface area contributed by atoms with Gasteiger partial charge >= 0.3 is 5.82 Å². The Hall–Kier alpha value is -3.13. The normalized spacial score (nSPS) is 10.8. The molecule has 3 aromatic rings. The van der Waals surface area contributed by atoms with E-state index in [0.29, 0.717) is 41.4 Å². The summed E-state index contributed by atoms with van der Waals surface area (Å²) in [7, 11) is 1.76. The fourth-order valence-electron chi connectivity index (χ4n) is 2.49. The number of nitrogens with two attached hydrogens (primary N) is 1. The standard InChI is InChI=1S/C13H14N8O2S/c1-19(4-2-3-9-8(7-14)10(15)18-17-9)11-12(21(22)23)20-5-6-24-13(20)16-11/h5-6H,2-4H2,1H3,(H3,15,17,18). The molecule has 0 amide bonds. The van der Waals surface area contributed by atoms with Gasteiger partial charge in [-0.25, -0.2) is 0 Å². The molecule has 11 heteroatoms. The minimum Gasteiger partial charge on any atom is -0.381 e. The highest BCUT2D eigenvalue weighted by atomic mass is 32.1. The van der Waals surface area contributed by atoms with Crippen molar-refractivity contribution in [2.75, 3.05) is 24.2 Å². The van der Waals surface area contributed by atoms with Crippen molar-refractivity contribution in [3.05, 3.63) is 32.9 Å². The SMILES string of the molecule is CN(CCCc1[nH]nc(N)c1C#N)c1nc2sccn2c1[N+](=O)[O-]. The van der Waals surface area contributed by atoms with E-state index in [1.165, 1.54) is 15.7 Å². The molecule has 3 N–H and O–H groups in total. The lowest BCUT2D eigenvalue weighted by Crippen LogP contribution is -2.20. The van der Waals surface area contributed by atoms with Crippen LogP contribution in [-0.4, -0.2) is 38.1 Å². The van der Waals surface area contributed by atoms with Gasteiger partial charge in [0.2, 0.25) is 5.82 Å². The van der Waals surface area contributed by atoms with E-state index in [2.05, 4.69) is 15.2 Å². The maximum atomic E-state index is 11.3. The Labute approximate surface area is 140 Å². The molecule has 10 nitrogen and oxygen atoms in total. The van der Waals surface area contributed by atoms with Gasteiger partial charge in [0.15, 0.2) is 5.82 Å². The molecule has 3 rings (SSSR count). The summed E-state index contributed by atoms with van der Waals surface area (Å²) in [6.45, 7) is 0.537. The molecule has 0 radical (unpaired) electrons. The van der Waals surface area contributed by atoms with Crippen molar-refractivity contribution < 1.29 is 4.92 Å². The molecule has 24 heavy (non-hydrogen) atoms. The van der Waals surface area contributed by atoms with E-state index < -0.39 is 4.92 Å². The molecule has 0 fully saturated rings.